The summed E-state index contributed by atoms with van der Waals surface area (Å²) in [5, 5.41) is 2.71. The minimum atomic E-state index is -0.0574. The van der Waals surface area contributed by atoms with E-state index in [1.54, 1.807) is 14.2 Å². The SMILES string of the molecule is CNC(=O)[C@H](C)N1CCN(c2ccc(OC)cc2)CC1. The van der Waals surface area contributed by atoms with Crippen molar-refractivity contribution in [2.24, 2.45) is 0 Å². The Kier molecular flexibility index (Phi) is 4.84. The zero-order valence-corrected chi connectivity index (χ0v) is 12.4. The molecule has 110 valence electrons. The van der Waals surface area contributed by atoms with Gasteiger partial charge in [-0.2, -0.15) is 0 Å². The lowest BCUT2D eigenvalue weighted by Crippen LogP contribution is -2.53. The van der Waals surface area contributed by atoms with Crippen molar-refractivity contribution in [2.75, 3.05) is 45.2 Å². The van der Waals surface area contributed by atoms with Gasteiger partial charge in [-0.25, -0.2) is 0 Å². The van der Waals surface area contributed by atoms with Gasteiger partial charge in [0.05, 0.1) is 13.2 Å². The molecule has 20 heavy (non-hydrogen) atoms. The molecule has 5 nitrogen and oxygen atoms in total. The van der Waals surface area contributed by atoms with Crippen LogP contribution in [0.2, 0.25) is 0 Å². The van der Waals surface area contributed by atoms with E-state index in [0.717, 1.165) is 31.9 Å². The van der Waals surface area contributed by atoms with Crippen molar-refractivity contribution in [3.63, 3.8) is 0 Å². The van der Waals surface area contributed by atoms with Crippen LogP contribution >= 0.6 is 0 Å². The molecule has 5 heteroatoms. The first kappa shape index (κ1) is 14.7. The van der Waals surface area contributed by atoms with Crippen LogP contribution in [0.25, 0.3) is 0 Å². The van der Waals surface area contributed by atoms with Gasteiger partial charge in [-0.3, -0.25) is 9.69 Å². The highest BCUT2D eigenvalue weighted by Crippen LogP contribution is 2.20. The summed E-state index contributed by atoms with van der Waals surface area (Å²) < 4.78 is 5.17. The summed E-state index contributed by atoms with van der Waals surface area (Å²) in [7, 11) is 3.36. The van der Waals surface area contributed by atoms with E-state index in [0.29, 0.717) is 0 Å². The van der Waals surface area contributed by atoms with E-state index in [4.69, 9.17) is 4.74 Å². The van der Waals surface area contributed by atoms with Crippen molar-refractivity contribution in [3.05, 3.63) is 24.3 Å². The van der Waals surface area contributed by atoms with Crippen LogP contribution in [0.4, 0.5) is 5.69 Å². The maximum absolute atomic E-state index is 11.7. The second kappa shape index (κ2) is 6.61. The maximum atomic E-state index is 11.7. The number of piperazine rings is 1. The second-order valence-electron chi connectivity index (χ2n) is 5.01. The number of rotatable bonds is 4. The monoisotopic (exact) mass is 277 g/mol. The number of methoxy groups -OCH3 is 1. The molecular weight excluding hydrogens is 254 g/mol. The molecule has 1 atom stereocenters. The van der Waals surface area contributed by atoms with Gasteiger partial charge in [0.1, 0.15) is 5.75 Å². The highest BCUT2D eigenvalue weighted by Gasteiger charge is 2.24. The third kappa shape index (κ3) is 3.22. The number of benzene rings is 1. The van der Waals surface area contributed by atoms with Gasteiger partial charge in [-0.1, -0.05) is 0 Å². The number of nitrogens with zero attached hydrogens (tertiary/aromatic N) is 2. The molecular formula is C15H23N3O2. The summed E-state index contributed by atoms with van der Waals surface area (Å²) in [6.07, 6.45) is 0. The quantitative estimate of drug-likeness (QED) is 0.890. The molecule has 1 N–H and O–H groups in total. The Morgan fingerprint density at radius 2 is 1.80 bits per heavy atom. The molecule has 1 aliphatic rings. The van der Waals surface area contributed by atoms with E-state index in [1.165, 1.54) is 5.69 Å². The molecule has 2 rings (SSSR count). The first-order chi connectivity index (χ1) is 9.65. The molecule has 1 amide bonds. The minimum Gasteiger partial charge on any atom is -0.497 e. The predicted molar refractivity (Wildman–Crippen MR) is 80.3 cm³/mol. The van der Waals surface area contributed by atoms with Crippen molar-refractivity contribution in [1.29, 1.82) is 0 Å². The van der Waals surface area contributed by atoms with Crippen LogP contribution in [-0.2, 0) is 4.79 Å². The van der Waals surface area contributed by atoms with Crippen molar-refractivity contribution < 1.29 is 9.53 Å². The van der Waals surface area contributed by atoms with Crippen LogP contribution in [0.1, 0.15) is 6.92 Å². The van der Waals surface area contributed by atoms with E-state index < -0.39 is 0 Å². The number of nitrogens with one attached hydrogen (secondary N) is 1. The average molecular weight is 277 g/mol. The Bertz CT molecular complexity index is 439. The first-order valence-electron chi connectivity index (χ1n) is 7.00. The zero-order chi connectivity index (χ0) is 14.5. The number of likely N-dealkylation sites (N-methyl/N-ethyl adjacent to an activating group) is 1. The summed E-state index contributed by atoms with van der Waals surface area (Å²) >= 11 is 0. The van der Waals surface area contributed by atoms with E-state index in [-0.39, 0.29) is 11.9 Å². The van der Waals surface area contributed by atoms with Crippen LogP contribution in [0.3, 0.4) is 0 Å². The standard InChI is InChI=1S/C15H23N3O2/c1-12(15(19)16-2)17-8-10-18(11-9-17)13-4-6-14(20-3)7-5-13/h4-7,12H,8-11H2,1-3H3,(H,16,19)/t12-/m0/s1. The molecule has 0 unspecified atom stereocenters. The third-order valence-corrected chi connectivity index (χ3v) is 3.93. The molecule has 1 aromatic carbocycles. The molecule has 1 heterocycles. The van der Waals surface area contributed by atoms with Crippen LogP contribution in [-0.4, -0.2) is 57.2 Å². The maximum Gasteiger partial charge on any atom is 0.236 e. The number of hydrogen-bond donors (Lipinski definition) is 1. The molecule has 0 radical (unpaired) electrons. The van der Waals surface area contributed by atoms with Crippen LogP contribution in [0.5, 0.6) is 5.75 Å². The second-order valence-corrected chi connectivity index (χ2v) is 5.01. The Hall–Kier alpha value is -1.75. The molecule has 1 aromatic rings. The lowest BCUT2D eigenvalue weighted by molar-refractivity contribution is -0.125. The fourth-order valence-electron chi connectivity index (χ4n) is 2.54. The van der Waals surface area contributed by atoms with Gasteiger partial charge in [0.15, 0.2) is 0 Å². The normalized spacial score (nSPS) is 17.6. The Balaban J connectivity index is 1.91. The Morgan fingerprint density at radius 1 is 1.20 bits per heavy atom. The Morgan fingerprint density at radius 3 is 2.30 bits per heavy atom. The molecule has 0 aliphatic carbocycles. The smallest absolute Gasteiger partial charge is 0.236 e. The van der Waals surface area contributed by atoms with E-state index >= 15 is 0 Å². The lowest BCUT2D eigenvalue weighted by atomic mass is 10.2. The van der Waals surface area contributed by atoms with Gasteiger partial charge >= 0.3 is 0 Å². The summed E-state index contributed by atoms with van der Waals surface area (Å²) in [4.78, 5) is 16.2. The van der Waals surface area contributed by atoms with E-state index in [9.17, 15) is 4.79 Å². The Labute approximate surface area is 120 Å². The fourth-order valence-corrected chi connectivity index (χ4v) is 2.54. The van der Waals surface area contributed by atoms with E-state index in [1.807, 2.05) is 19.1 Å². The van der Waals surface area contributed by atoms with Gasteiger partial charge < -0.3 is 15.0 Å². The molecule has 0 saturated carbocycles. The van der Waals surface area contributed by atoms with Gasteiger partial charge in [0.2, 0.25) is 5.91 Å². The molecule has 0 bridgehead atoms. The average Bonchev–Trinajstić information content (AvgIpc) is 2.53. The molecule has 0 spiro atoms. The number of amides is 1. The topological polar surface area (TPSA) is 44.8 Å². The molecule has 1 saturated heterocycles. The number of ether oxygens (including phenoxy) is 1. The minimum absolute atomic E-state index is 0.0574. The highest BCUT2D eigenvalue weighted by atomic mass is 16.5. The number of carbonyl (C=O) groups excluding carboxylic acids is 1. The van der Waals surface area contributed by atoms with Crippen LogP contribution in [0.15, 0.2) is 24.3 Å². The van der Waals surface area contributed by atoms with E-state index in [2.05, 4.69) is 27.2 Å². The highest BCUT2D eigenvalue weighted by molar-refractivity contribution is 5.81. The van der Waals surface area contributed by atoms with Gasteiger partial charge in [0.25, 0.3) is 0 Å². The third-order valence-electron chi connectivity index (χ3n) is 3.93. The molecule has 1 fully saturated rings. The zero-order valence-electron chi connectivity index (χ0n) is 12.4. The first-order valence-corrected chi connectivity index (χ1v) is 7.00. The number of anilines is 1. The van der Waals surface area contributed by atoms with Gasteiger partial charge in [-0.05, 0) is 31.2 Å². The van der Waals surface area contributed by atoms with Crippen LogP contribution in [0, 0.1) is 0 Å². The van der Waals surface area contributed by atoms with Gasteiger partial charge in [0, 0.05) is 38.9 Å². The number of carbonyl (C=O) groups is 1. The summed E-state index contributed by atoms with van der Waals surface area (Å²) in [6.45, 7) is 5.64. The van der Waals surface area contributed by atoms with Gasteiger partial charge in [-0.15, -0.1) is 0 Å². The predicted octanol–water partition coefficient (Wildman–Crippen LogP) is 0.952. The lowest BCUT2D eigenvalue weighted by Gasteiger charge is -2.38. The molecule has 0 aromatic heterocycles. The number of hydrogen-bond acceptors (Lipinski definition) is 4. The van der Waals surface area contributed by atoms with Crippen molar-refractivity contribution in [2.45, 2.75) is 13.0 Å². The van der Waals surface area contributed by atoms with Crippen LogP contribution < -0.4 is 15.0 Å². The summed E-state index contributed by atoms with van der Waals surface area (Å²) in [5.74, 6) is 0.962. The summed E-state index contributed by atoms with van der Waals surface area (Å²) in [6, 6.07) is 8.06. The van der Waals surface area contributed by atoms with Crippen molar-refractivity contribution in [1.82, 2.24) is 10.2 Å². The molecule has 1 aliphatic heterocycles. The fraction of sp³-hybridized carbons (Fsp3) is 0.533. The largest absolute Gasteiger partial charge is 0.497 e. The summed E-state index contributed by atoms with van der Waals surface area (Å²) in [5.41, 5.74) is 1.21. The van der Waals surface area contributed by atoms with Crippen molar-refractivity contribution >= 4 is 11.6 Å². The van der Waals surface area contributed by atoms with Crippen molar-refractivity contribution in [3.8, 4) is 5.75 Å².